The van der Waals surface area contributed by atoms with E-state index in [1.807, 2.05) is 0 Å². The van der Waals surface area contributed by atoms with Crippen molar-refractivity contribution in [2.24, 2.45) is 11.5 Å². The highest BCUT2D eigenvalue weighted by atomic mass is 35.5. The Morgan fingerprint density at radius 3 is 2.30 bits per heavy atom. The lowest BCUT2D eigenvalue weighted by molar-refractivity contribution is -0.138. The van der Waals surface area contributed by atoms with E-state index >= 15 is 0 Å². The average molecular weight is 196 g/mol. The smallest absolute Gasteiger partial charge is 0.320 e. The van der Waals surface area contributed by atoms with Gasteiger partial charge in [0.25, 0.3) is 0 Å². The predicted octanol–water partition coefficient (Wildman–Crippen LogP) is -0.409. The molecule has 0 saturated carbocycles. The van der Waals surface area contributed by atoms with Crippen LogP contribution >= 0.6 is 24.8 Å². The molecule has 5 N–H and O–H groups in total. The van der Waals surface area contributed by atoms with Crippen molar-refractivity contribution in [2.45, 2.75) is 12.4 Å². The molecule has 64 valence electrons. The molecule has 0 aromatic carbocycles. The zero-order valence-electron chi connectivity index (χ0n) is 9.83. The molecule has 0 saturated heterocycles. The van der Waals surface area contributed by atoms with Gasteiger partial charge in [-0.1, -0.05) is 0 Å². The minimum Gasteiger partial charge on any atom is -0.480 e. The second-order valence-electron chi connectivity index (χ2n) is 0.988. The standard InChI is InChI=1S/C4H10N2O2.2ClH/c5-2-1-3(6)4(7)8;;/h3H,1-2,5-6H2,(H,7,8);2*1H/i1D2,2D2,3D;;. The first-order chi connectivity index (χ1) is 5.44. The third-order valence-corrected chi connectivity index (χ3v) is 0.437. The van der Waals surface area contributed by atoms with Gasteiger partial charge in [-0.15, -0.1) is 24.8 Å². The van der Waals surface area contributed by atoms with Crippen LogP contribution in [0.5, 0.6) is 0 Å². The molecule has 10 heavy (non-hydrogen) atoms. The summed E-state index contributed by atoms with van der Waals surface area (Å²) in [5.41, 5.74) is 9.53. The van der Waals surface area contributed by atoms with Crippen LogP contribution in [-0.4, -0.2) is 23.6 Å². The van der Waals surface area contributed by atoms with Crippen LogP contribution in [0.4, 0.5) is 0 Å². The summed E-state index contributed by atoms with van der Waals surface area (Å²) in [4.78, 5) is 10.3. The quantitative estimate of drug-likeness (QED) is 0.572. The highest BCUT2D eigenvalue weighted by molar-refractivity contribution is 5.85. The lowest BCUT2D eigenvalue weighted by atomic mass is 10.2. The van der Waals surface area contributed by atoms with Crippen LogP contribution in [-0.2, 0) is 4.79 Å². The minimum atomic E-state index is -3.19. The molecule has 0 aliphatic rings. The van der Waals surface area contributed by atoms with Crippen molar-refractivity contribution < 1.29 is 16.8 Å². The number of hydrogen-bond acceptors (Lipinski definition) is 3. The van der Waals surface area contributed by atoms with Gasteiger partial charge in [0.15, 0.2) is 0 Å². The zero-order chi connectivity index (χ0) is 11.1. The monoisotopic (exact) mass is 195 g/mol. The number of carboxylic acid groups (broad SMARTS) is 1. The molecule has 0 aromatic heterocycles. The lowest BCUT2D eigenvalue weighted by Crippen LogP contribution is -2.32. The molecule has 0 rings (SSSR count). The van der Waals surface area contributed by atoms with Crippen molar-refractivity contribution in [3.05, 3.63) is 0 Å². The van der Waals surface area contributed by atoms with E-state index in [0.717, 1.165) is 0 Å². The van der Waals surface area contributed by atoms with Gasteiger partial charge in [-0.25, -0.2) is 0 Å². The van der Waals surface area contributed by atoms with Gasteiger partial charge in [-0.3, -0.25) is 4.79 Å². The Labute approximate surface area is 78.8 Å². The molecule has 0 fully saturated rings. The van der Waals surface area contributed by atoms with Crippen LogP contribution < -0.4 is 11.5 Å². The number of aliphatic carboxylic acids is 1. The molecule has 0 amide bonds. The Kier molecular flexibility index (Phi) is 5.02. The van der Waals surface area contributed by atoms with Crippen LogP contribution in [0.3, 0.4) is 0 Å². The Hall–Kier alpha value is -0.0300. The third kappa shape index (κ3) is 7.97. The molecule has 0 aliphatic carbocycles. The van der Waals surface area contributed by atoms with Crippen LogP contribution in [0.2, 0.25) is 0 Å². The van der Waals surface area contributed by atoms with Gasteiger partial charge >= 0.3 is 5.97 Å². The van der Waals surface area contributed by atoms with E-state index in [2.05, 4.69) is 0 Å². The maximum Gasteiger partial charge on any atom is 0.320 e. The van der Waals surface area contributed by atoms with Gasteiger partial charge in [0, 0.05) is 5.48 Å². The first-order valence-electron chi connectivity index (χ1n) is 4.26. The Balaban J connectivity index is -0.000000720. The first kappa shape index (κ1) is 5.60. The van der Waals surface area contributed by atoms with Gasteiger partial charge < -0.3 is 16.6 Å². The Morgan fingerprint density at radius 2 is 2.20 bits per heavy atom. The predicted molar refractivity (Wildman–Crippen MR) is 43.8 cm³/mol. The highest BCUT2D eigenvalue weighted by Crippen LogP contribution is 1.82. The van der Waals surface area contributed by atoms with Gasteiger partial charge in [-0.2, -0.15) is 0 Å². The average Bonchev–Trinajstić information content (AvgIpc) is 1.84. The van der Waals surface area contributed by atoms with Crippen molar-refractivity contribution in [3.63, 3.8) is 0 Å². The fraction of sp³-hybridized carbons (Fsp3) is 0.750. The van der Waals surface area contributed by atoms with E-state index in [1.54, 1.807) is 0 Å². The second-order valence-corrected chi connectivity index (χ2v) is 0.988. The van der Waals surface area contributed by atoms with Crippen LogP contribution in [0.1, 0.15) is 13.2 Å². The molecular weight excluding hydrogens is 179 g/mol. The molecule has 1 atom stereocenters. The maximum atomic E-state index is 10.3. The number of carboxylic acids is 1. The minimum absolute atomic E-state index is 0. The van der Waals surface area contributed by atoms with Gasteiger partial charge in [0.2, 0.25) is 0 Å². The number of rotatable bonds is 3. The largest absolute Gasteiger partial charge is 0.480 e. The SMILES string of the molecule is Cl.Cl.[2H]C([2H])(N)C([2H])([2H])C([2H])(N)C(=O)O. The van der Waals surface area contributed by atoms with E-state index in [9.17, 15) is 4.79 Å². The van der Waals surface area contributed by atoms with E-state index in [-0.39, 0.29) is 24.8 Å². The zero-order valence-corrected chi connectivity index (χ0v) is 6.46. The van der Waals surface area contributed by atoms with Gasteiger partial charge in [0.05, 0.1) is 1.37 Å². The van der Waals surface area contributed by atoms with Crippen LogP contribution in [0.25, 0.3) is 0 Å². The molecule has 4 nitrogen and oxygen atoms in total. The Morgan fingerprint density at radius 1 is 1.80 bits per heavy atom. The van der Waals surface area contributed by atoms with Crippen molar-refractivity contribution in [1.82, 2.24) is 0 Å². The van der Waals surface area contributed by atoms with E-state index < -0.39 is 24.9 Å². The fourth-order valence-corrected chi connectivity index (χ4v) is 0.131. The molecular formula is C4H12Cl2N2O2. The second kappa shape index (κ2) is 8.97. The third-order valence-electron chi connectivity index (χ3n) is 0.437. The molecule has 0 radical (unpaired) electrons. The summed E-state index contributed by atoms with van der Waals surface area (Å²) in [5, 5.41) is 8.37. The van der Waals surface area contributed by atoms with E-state index in [0.29, 0.717) is 0 Å². The Bertz CT molecular complexity index is 232. The number of hydrogen-bond donors (Lipinski definition) is 3. The summed E-state index contributed by atoms with van der Waals surface area (Å²) in [7, 11) is 0. The van der Waals surface area contributed by atoms with Crippen molar-refractivity contribution in [1.29, 1.82) is 0 Å². The number of halogens is 2. The topological polar surface area (TPSA) is 89.3 Å². The molecule has 0 spiro atoms. The molecule has 0 heterocycles. The summed E-state index contributed by atoms with van der Waals surface area (Å²) in [6, 6.07) is -3.12. The molecule has 0 aromatic rings. The van der Waals surface area contributed by atoms with Crippen molar-refractivity contribution >= 4 is 30.8 Å². The summed E-state index contributed by atoms with van der Waals surface area (Å²) in [5.74, 6) is -1.98. The summed E-state index contributed by atoms with van der Waals surface area (Å²) < 4.78 is 34.5. The van der Waals surface area contributed by atoms with Crippen molar-refractivity contribution in [3.8, 4) is 0 Å². The molecule has 0 bridgehead atoms. The molecule has 1 unspecified atom stereocenters. The maximum absolute atomic E-state index is 10.3. The van der Waals surface area contributed by atoms with Crippen LogP contribution in [0, 0.1) is 0 Å². The number of nitrogens with two attached hydrogens (primary N) is 2. The van der Waals surface area contributed by atoms with Gasteiger partial charge in [-0.05, 0) is 12.9 Å². The summed E-state index contributed by atoms with van der Waals surface area (Å²) in [6.07, 6.45) is -3.19. The van der Waals surface area contributed by atoms with Gasteiger partial charge in [0.1, 0.15) is 6.02 Å². The first-order valence-corrected chi connectivity index (χ1v) is 1.76. The fourth-order valence-electron chi connectivity index (χ4n) is 0.131. The van der Waals surface area contributed by atoms with Crippen LogP contribution in [0.15, 0.2) is 0 Å². The van der Waals surface area contributed by atoms with E-state index in [1.165, 1.54) is 0 Å². The summed E-state index contributed by atoms with van der Waals surface area (Å²) in [6.45, 7) is -3.00. The lowest BCUT2D eigenvalue weighted by Gasteiger charge is -2.00. The summed E-state index contributed by atoms with van der Waals surface area (Å²) >= 11 is 0. The van der Waals surface area contributed by atoms with E-state index in [4.69, 9.17) is 23.4 Å². The number of carbonyl (C=O) groups is 1. The highest BCUT2D eigenvalue weighted by Gasteiger charge is 2.07. The molecule has 6 heteroatoms. The molecule has 0 aliphatic heterocycles. The normalized spacial score (nSPS) is 24.0. The van der Waals surface area contributed by atoms with Crippen molar-refractivity contribution in [2.75, 3.05) is 6.50 Å².